The molecular weight excluding hydrogens is 288 g/mol. The summed E-state index contributed by atoms with van der Waals surface area (Å²) in [5.41, 5.74) is 1.81. The second-order valence-electron chi connectivity index (χ2n) is 3.91. The van der Waals surface area contributed by atoms with Gasteiger partial charge in [0.15, 0.2) is 0 Å². The van der Waals surface area contributed by atoms with E-state index in [4.69, 9.17) is 23.2 Å². The SMILES string of the molecule is O=C(Nc1ccc(CCl)cc1)c1ccc(F)cc1Cl. The van der Waals surface area contributed by atoms with Crippen molar-refractivity contribution < 1.29 is 9.18 Å². The molecule has 0 saturated carbocycles. The highest BCUT2D eigenvalue weighted by atomic mass is 35.5. The van der Waals surface area contributed by atoms with E-state index >= 15 is 0 Å². The number of nitrogens with one attached hydrogen (secondary N) is 1. The fourth-order valence-electron chi connectivity index (χ4n) is 1.55. The van der Waals surface area contributed by atoms with Crippen molar-refractivity contribution in [3.63, 3.8) is 0 Å². The second-order valence-corrected chi connectivity index (χ2v) is 4.58. The van der Waals surface area contributed by atoms with Crippen LogP contribution in [0.3, 0.4) is 0 Å². The van der Waals surface area contributed by atoms with Crippen molar-refractivity contribution >= 4 is 34.8 Å². The number of hydrogen-bond donors (Lipinski definition) is 1. The summed E-state index contributed by atoms with van der Waals surface area (Å²) < 4.78 is 12.9. The predicted molar refractivity (Wildman–Crippen MR) is 75.4 cm³/mol. The molecule has 0 saturated heterocycles. The van der Waals surface area contributed by atoms with E-state index in [1.807, 2.05) is 12.1 Å². The molecule has 98 valence electrons. The normalized spacial score (nSPS) is 10.3. The Morgan fingerprint density at radius 3 is 2.42 bits per heavy atom. The molecule has 0 aliphatic rings. The Labute approximate surface area is 120 Å². The summed E-state index contributed by atoms with van der Waals surface area (Å²) in [7, 11) is 0. The number of carbonyl (C=O) groups is 1. The molecule has 2 nitrogen and oxygen atoms in total. The third-order valence-electron chi connectivity index (χ3n) is 2.54. The monoisotopic (exact) mass is 297 g/mol. The van der Waals surface area contributed by atoms with Crippen LogP contribution >= 0.6 is 23.2 Å². The Morgan fingerprint density at radius 1 is 1.16 bits per heavy atom. The van der Waals surface area contributed by atoms with Crippen LogP contribution in [0.1, 0.15) is 15.9 Å². The van der Waals surface area contributed by atoms with E-state index in [1.165, 1.54) is 12.1 Å². The fourth-order valence-corrected chi connectivity index (χ4v) is 1.98. The quantitative estimate of drug-likeness (QED) is 0.832. The van der Waals surface area contributed by atoms with E-state index in [9.17, 15) is 9.18 Å². The van der Waals surface area contributed by atoms with Crippen LogP contribution in [0.4, 0.5) is 10.1 Å². The summed E-state index contributed by atoms with van der Waals surface area (Å²) >= 11 is 11.5. The molecule has 1 amide bonds. The van der Waals surface area contributed by atoms with Gasteiger partial charge in [-0.15, -0.1) is 11.6 Å². The minimum Gasteiger partial charge on any atom is -0.322 e. The van der Waals surface area contributed by atoms with Crippen LogP contribution in [0.5, 0.6) is 0 Å². The molecule has 0 atom stereocenters. The van der Waals surface area contributed by atoms with Gasteiger partial charge in [-0.3, -0.25) is 4.79 Å². The minimum absolute atomic E-state index is 0.0786. The lowest BCUT2D eigenvalue weighted by Crippen LogP contribution is -2.12. The molecule has 2 aromatic rings. The van der Waals surface area contributed by atoms with Crippen LogP contribution in [-0.4, -0.2) is 5.91 Å². The predicted octanol–water partition coefficient (Wildman–Crippen LogP) is 4.47. The average Bonchev–Trinajstić information content (AvgIpc) is 2.39. The number of benzene rings is 2. The fraction of sp³-hybridized carbons (Fsp3) is 0.0714. The highest BCUT2D eigenvalue weighted by Crippen LogP contribution is 2.19. The molecule has 0 unspecified atom stereocenters. The van der Waals surface area contributed by atoms with Crippen molar-refractivity contribution in [3.8, 4) is 0 Å². The zero-order valence-corrected chi connectivity index (χ0v) is 11.3. The van der Waals surface area contributed by atoms with Crippen LogP contribution in [0.2, 0.25) is 5.02 Å². The molecule has 2 rings (SSSR count). The van der Waals surface area contributed by atoms with E-state index in [0.717, 1.165) is 11.6 Å². The number of amides is 1. The number of carbonyl (C=O) groups excluding carboxylic acids is 1. The maximum atomic E-state index is 12.9. The first-order valence-corrected chi connectivity index (χ1v) is 6.42. The molecule has 0 aliphatic heterocycles. The van der Waals surface area contributed by atoms with E-state index in [1.54, 1.807) is 12.1 Å². The van der Waals surface area contributed by atoms with Crippen LogP contribution in [0.25, 0.3) is 0 Å². The third kappa shape index (κ3) is 3.46. The molecule has 0 radical (unpaired) electrons. The minimum atomic E-state index is -0.479. The number of rotatable bonds is 3. The van der Waals surface area contributed by atoms with Crippen LogP contribution in [-0.2, 0) is 5.88 Å². The number of anilines is 1. The Balaban J connectivity index is 2.15. The van der Waals surface area contributed by atoms with E-state index in [2.05, 4.69) is 5.32 Å². The highest BCUT2D eigenvalue weighted by molar-refractivity contribution is 6.34. The average molecular weight is 298 g/mol. The van der Waals surface area contributed by atoms with Gasteiger partial charge in [-0.25, -0.2) is 4.39 Å². The lowest BCUT2D eigenvalue weighted by atomic mass is 10.2. The van der Waals surface area contributed by atoms with Crippen molar-refractivity contribution in [2.45, 2.75) is 5.88 Å². The second kappa shape index (κ2) is 6.04. The van der Waals surface area contributed by atoms with Gasteiger partial charge in [0.1, 0.15) is 5.82 Å². The van der Waals surface area contributed by atoms with E-state index in [-0.39, 0.29) is 16.5 Å². The first kappa shape index (κ1) is 13.8. The molecule has 5 heteroatoms. The van der Waals surface area contributed by atoms with Gasteiger partial charge in [0, 0.05) is 11.6 Å². The zero-order chi connectivity index (χ0) is 13.8. The molecule has 0 aromatic heterocycles. The zero-order valence-electron chi connectivity index (χ0n) is 9.79. The maximum Gasteiger partial charge on any atom is 0.257 e. The Morgan fingerprint density at radius 2 is 1.84 bits per heavy atom. The largest absolute Gasteiger partial charge is 0.322 e. The molecule has 2 aromatic carbocycles. The molecule has 1 N–H and O–H groups in total. The van der Waals surface area contributed by atoms with Gasteiger partial charge in [0.25, 0.3) is 5.91 Å². The van der Waals surface area contributed by atoms with Crippen molar-refractivity contribution in [1.82, 2.24) is 0 Å². The third-order valence-corrected chi connectivity index (χ3v) is 3.16. The van der Waals surface area contributed by atoms with Gasteiger partial charge in [-0.1, -0.05) is 23.7 Å². The van der Waals surface area contributed by atoms with Gasteiger partial charge in [0.2, 0.25) is 0 Å². The van der Waals surface area contributed by atoms with Crippen LogP contribution < -0.4 is 5.32 Å². The van der Waals surface area contributed by atoms with Crippen molar-refractivity contribution in [2.24, 2.45) is 0 Å². The number of alkyl halides is 1. The molecule has 0 spiro atoms. The first-order valence-electron chi connectivity index (χ1n) is 5.51. The first-order chi connectivity index (χ1) is 9.10. The summed E-state index contributed by atoms with van der Waals surface area (Å²) in [5.74, 6) is -0.450. The molecule has 19 heavy (non-hydrogen) atoms. The molecule has 0 bridgehead atoms. The molecular formula is C14H10Cl2FNO. The van der Waals surface area contributed by atoms with Crippen LogP contribution in [0, 0.1) is 5.82 Å². The standard InChI is InChI=1S/C14H10Cl2FNO/c15-8-9-1-4-11(5-2-9)18-14(19)12-6-3-10(17)7-13(12)16/h1-7H,8H2,(H,18,19). The molecule has 0 aliphatic carbocycles. The van der Waals surface area contributed by atoms with Gasteiger partial charge in [-0.2, -0.15) is 0 Å². The van der Waals surface area contributed by atoms with E-state index < -0.39 is 5.82 Å². The number of hydrogen-bond acceptors (Lipinski definition) is 1. The summed E-state index contributed by atoms with van der Waals surface area (Å²) in [6.07, 6.45) is 0. The molecule has 0 fully saturated rings. The summed E-state index contributed by atoms with van der Waals surface area (Å²) in [5, 5.41) is 2.76. The Bertz CT molecular complexity index is 599. The van der Waals surface area contributed by atoms with Crippen LogP contribution in [0.15, 0.2) is 42.5 Å². The van der Waals surface area contributed by atoms with Gasteiger partial charge >= 0.3 is 0 Å². The lowest BCUT2D eigenvalue weighted by Gasteiger charge is -2.07. The molecule has 0 heterocycles. The van der Waals surface area contributed by atoms with Gasteiger partial charge in [0.05, 0.1) is 10.6 Å². The van der Waals surface area contributed by atoms with Crippen molar-refractivity contribution in [3.05, 3.63) is 64.4 Å². The topological polar surface area (TPSA) is 29.1 Å². The highest BCUT2D eigenvalue weighted by Gasteiger charge is 2.11. The Hall–Kier alpha value is -1.58. The summed E-state index contributed by atoms with van der Waals surface area (Å²) in [4.78, 5) is 12.0. The number of halogens is 3. The maximum absolute atomic E-state index is 12.9. The summed E-state index contributed by atoms with van der Waals surface area (Å²) in [6, 6.07) is 10.8. The van der Waals surface area contributed by atoms with E-state index in [0.29, 0.717) is 11.6 Å². The Kier molecular flexibility index (Phi) is 4.40. The van der Waals surface area contributed by atoms with Gasteiger partial charge in [-0.05, 0) is 35.9 Å². The smallest absolute Gasteiger partial charge is 0.257 e. The van der Waals surface area contributed by atoms with Crippen molar-refractivity contribution in [2.75, 3.05) is 5.32 Å². The summed E-state index contributed by atoms with van der Waals surface area (Å²) in [6.45, 7) is 0. The van der Waals surface area contributed by atoms with Crippen molar-refractivity contribution in [1.29, 1.82) is 0 Å². The lowest BCUT2D eigenvalue weighted by molar-refractivity contribution is 0.102. The van der Waals surface area contributed by atoms with Gasteiger partial charge < -0.3 is 5.32 Å².